The Morgan fingerprint density at radius 1 is 1.09 bits per heavy atom. The SMILES string of the molecule is O=C(NCc1ccccc1)C(=O)N/N=C/c1c(F)cccc1Cl. The van der Waals surface area contributed by atoms with E-state index in [0.29, 0.717) is 0 Å². The molecule has 2 aromatic carbocycles. The minimum atomic E-state index is -0.954. The molecule has 2 rings (SSSR count). The summed E-state index contributed by atoms with van der Waals surface area (Å²) in [5, 5.41) is 6.12. The molecular formula is C16H13ClFN3O2. The van der Waals surface area contributed by atoms with Crippen LogP contribution in [0.1, 0.15) is 11.1 Å². The van der Waals surface area contributed by atoms with Crippen LogP contribution in [0.15, 0.2) is 53.6 Å². The molecule has 0 spiro atoms. The van der Waals surface area contributed by atoms with E-state index in [1.54, 1.807) is 0 Å². The lowest BCUT2D eigenvalue weighted by Gasteiger charge is -2.04. The molecule has 0 heterocycles. The molecular weight excluding hydrogens is 321 g/mol. The van der Waals surface area contributed by atoms with E-state index in [1.165, 1.54) is 18.2 Å². The van der Waals surface area contributed by atoms with Gasteiger partial charge < -0.3 is 5.32 Å². The number of hydrazone groups is 1. The van der Waals surface area contributed by atoms with E-state index in [-0.39, 0.29) is 17.1 Å². The topological polar surface area (TPSA) is 70.6 Å². The van der Waals surface area contributed by atoms with Crippen LogP contribution in [0.4, 0.5) is 4.39 Å². The first-order chi connectivity index (χ1) is 11.1. The average molecular weight is 334 g/mol. The number of carbonyl (C=O) groups excluding carboxylic acids is 2. The molecule has 7 heteroatoms. The van der Waals surface area contributed by atoms with Gasteiger partial charge >= 0.3 is 11.8 Å². The summed E-state index contributed by atoms with van der Waals surface area (Å²) < 4.78 is 13.5. The molecule has 0 aliphatic carbocycles. The lowest BCUT2D eigenvalue weighted by molar-refractivity contribution is -0.139. The van der Waals surface area contributed by atoms with Crippen molar-refractivity contribution in [2.75, 3.05) is 0 Å². The van der Waals surface area contributed by atoms with E-state index in [4.69, 9.17) is 11.6 Å². The minimum absolute atomic E-state index is 0.0270. The van der Waals surface area contributed by atoms with Crippen LogP contribution >= 0.6 is 11.6 Å². The second kappa shape index (κ2) is 8.05. The van der Waals surface area contributed by atoms with Gasteiger partial charge in [0.1, 0.15) is 5.82 Å². The van der Waals surface area contributed by atoms with Gasteiger partial charge in [-0.2, -0.15) is 5.10 Å². The van der Waals surface area contributed by atoms with Gasteiger partial charge in [-0.3, -0.25) is 9.59 Å². The Morgan fingerprint density at radius 3 is 2.52 bits per heavy atom. The Kier molecular flexibility index (Phi) is 5.82. The largest absolute Gasteiger partial charge is 0.344 e. The first kappa shape index (κ1) is 16.6. The zero-order valence-corrected chi connectivity index (χ0v) is 12.7. The Morgan fingerprint density at radius 2 is 1.83 bits per heavy atom. The van der Waals surface area contributed by atoms with E-state index < -0.39 is 17.6 Å². The number of nitrogens with zero attached hydrogens (tertiary/aromatic N) is 1. The third-order valence-corrected chi connectivity index (χ3v) is 3.19. The Hall–Kier alpha value is -2.73. The molecule has 0 saturated heterocycles. The molecule has 118 valence electrons. The van der Waals surface area contributed by atoms with Crippen LogP contribution in [0.3, 0.4) is 0 Å². The fourth-order valence-corrected chi connectivity index (χ4v) is 1.91. The number of halogens is 2. The van der Waals surface area contributed by atoms with Crippen LogP contribution < -0.4 is 10.7 Å². The van der Waals surface area contributed by atoms with Crippen LogP contribution in [-0.2, 0) is 16.1 Å². The van der Waals surface area contributed by atoms with Gasteiger partial charge in [-0.1, -0.05) is 48.0 Å². The van der Waals surface area contributed by atoms with Gasteiger partial charge in [0, 0.05) is 12.1 Å². The number of carbonyl (C=O) groups is 2. The summed E-state index contributed by atoms with van der Waals surface area (Å²) in [6.45, 7) is 0.218. The molecule has 2 N–H and O–H groups in total. The van der Waals surface area contributed by atoms with Crippen molar-refractivity contribution in [1.82, 2.24) is 10.7 Å². The molecule has 2 aromatic rings. The predicted molar refractivity (Wildman–Crippen MR) is 85.4 cm³/mol. The average Bonchev–Trinajstić information content (AvgIpc) is 2.56. The van der Waals surface area contributed by atoms with Gasteiger partial charge in [0.15, 0.2) is 0 Å². The molecule has 0 aliphatic rings. The number of rotatable bonds is 4. The van der Waals surface area contributed by atoms with Crippen molar-refractivity contribution in [2.24, 2.45) is 5.10 Å². The zero-order chi connectivity index (χ0) is 16.7. The monoisotopic (exact) mass is 333 g/mol. The lowest BCUT2D eigenvalue weighted by atomic mass is 10.2. The van der Waals surface area contributed by atoms with Crippen LogP contribution in [0.25, 0.3) is 0 Å². The van der Waals surface area contributed by atoms with Crippen molar-refractivity contribution in [3.8, 4) is 0 Å². The zero-order valence-electron chi connectivity index (χ0n) is 11.9. The number of benzene rings is 2. The summed E-state index contributed by atoms with van der Waals surface area (Å²) in [4.78, 5) is 23.2. The fourth-order valence-electron chi connectivity index (χ4n) is 1.70. The minimum Gasteiger partial charge on any atom is -0.344 e. The fraction of sp³-hybridized carbons (Fsp3) is 0.0625. The van der Waals surface area contributed by atoms with Crippen molar-refractivity contribution in [3.63, 3.8) is 0 Å². The number of nitrogens with one attached hydrogen (secondary N) is 2. The molecule has 0 saturated carbocycles. The highest BCUT2D eigenvalue weighted by Crippen LogP contribution is 2.16. The highest BCUT2D eigenvalue weighted by atomic mass is 35.5. The van der Waals surface area contributed by atoms with E-state index >= 15 is 0 Å². The van der Waals surface area contributed by atoms with Gasteiger partial charge in [0.2, 0.25) is 0 Å². The Labute approximate surface area is 137 Å². The molecule has 0 atom stereocenters. The molecule has 5 nitrogen and oxygen atoms in total. The molecule has 0 fully saturated rings. The molecule has 0 radical (unpaired) electrons. The van der Waals surface area contributed by atoms with Crippen LogP contribution in [0.2, 0.25) is 5.02 Å². The van der Waals surface area contributed by atoms with Gasteiger partial charge in [0.05, 0.1) is 11.2 Å². The Bertz CT molecular complexity index is 715. The van der Waals surface area contributed by atoms with Crippen LogP contribution in [0.5, 0.6) is 0 Å². The van der Waals surface area contributed by atoms with Crippen molar-refractivity contribution >= 4 is 29.6 Å². The van der Waals surface area contributed by atoms with Gasteiger partial charge in [-0.05, 0) is 17.7 Å². The highest BCUT2D eigenvalue weighted by Gasteiger charge is 2.12. The van der Waals surface area contributed by atoms with Crippen molar-refractivity contribution in [2.45, 2.75) is 6.54 Å². The van der Waals surface area contributed by atoms with Crippen LogP contribution in [0, 0.1) is 5.82 Å². The maximum absolute atomic E-state index is 13.5. The molecule has 0 unspecified atom stereocenters. The third kappa shape index (κ3) is 4.89. The van der Waals surface area contributed by atoms with Gasteiger partial charge in [-0.25, -0.2) is 9.82 Å². The van der Waals surface area contributed by atoms with Gasteiger partial charge in [0.25, 0.3) is 0 Å². The maximum Gasteiger partial charge on any atom is 0.329 e. The summed E-state index contributed by atoms with van der Waals surface area (Å²) in [6, 6.07) is 13.3. The van der Waals surface area contributed by atoms with Crippen molar-refractivity contribution in [3.05, 3.63) is 70.5 Å². The molecule has 0 aromatic heterocycles. The van der Waals surface area contributed by atoms with E-state index in [9.17, 15) is 14.0 Å². The molecule has 23 heavy (non-hydrogen) atoms. The Balaban J connectivity index is 1.86. The summed E-state index contributed by atoms with van der Waals surface area (Å²) in [6.07, 6.45) is 1.04. The second-order valence-electron chi connectivity index (χ2n) is 4.50. The van der Waals surface area contributed by atoms with E-state index in [1.807, 2.05) is 35.8 Å². The quantitative estimate of drug-likeness (QED) is 0.512. The van der Waals surface area contributed by atoms with E-state index in [0.717, 1.165) is 11.8 Å². The summed E-state index contributed by atoms with van der Waals surface area (Å²) in [5.74, 6) is -2.38. The number of amides is 2. The van der Waals surface area contributed by atoms with Crippen LogP contribution in [-0.4, -0.2) is 18.0 Å². The number of hydrogen-bond donors (Lipinski definition) is 2. The summed E-state index contributed by atoms with van der Waals surface area (Å²) >= 11 is 5.80. The molecule has 2 amide bonds. The van der Waals surface area contributed by atoms with Crippen molar-refractivity contribution in [1.29, 1.82) is 0 Å². The van der Waals surface area contributed by atoms with E-state index in [2.05, 4.69) is 10.4 Å². The maximum atomic E-state index is 13.5. The summed E-state index contributed by atoms with van der Waals surface area (Å²) in [5.41, 5.74) is 2.90. The summed E-state index contributed by atoms with van der Waals surface area (Å²) in [7, 11) is 0. The van der Waals surface area contributed by atoms with Gasteiger partial charge in [-0.15, -0.1) is 0 Å². The van der Waals surface area contributed by atoms with Crippen molar-refractivity contribution < 1.29 is 14.0 Å². The highest BCUT2D eigenvalue weighted by molar-refractivity contribution is 6.35. The smallest absolute Gasteiger partial charge is 0.329 e. The number of hydrogen-bond acceptors (Lipinski definition) is 3. The molecule has 0 aliphatic heterocycles. The second-order valence-corrected chi connectivity index (χ2v) is 4.91. The predicted octanol–water partition coefficient (Wildman–Crippen LogP) is 2.25. The first-order valence-corrected chi connectivity index (χ1v) is 7.05. The third-order valence-electron chi connectivity index (χ3n) is 2.86. The molecule has 0 bridgehead atoms. The normalized spacial score (nSPS) is 10.5. The standard InChI is InChI=1S/C16H13ClFN3O2/c17-13-7-4-8-14(18)12(13)10-20-21-16(23)15(22)19-9-11-5-2-1-3-6-11/h1-8,10H,9H2,(H,19,22)(H,21,23)/b20-10+. The first-order valence-electron chi connectivity index (χ1n) is 6.67. The lowest BCUT2D eigenvalue weighted by Crippen LogP contribution is -2.37.